The fourth-order valence-electron chi connectivity index (χ4n) is 0. The van der Waals surface area contributed by atoms with Gasteiger partial charge in [-0.1, -0.05) is 12.7 Å². The molecular weight excluding hydrogens is 76.1 g/mol. The van der Waals surface area contributed by atoms with Crippen LogP contribution in [0.1, 0.15) is 6.92 Å². The van der Waals surface area contributed by atoms with E-state index < -0.39 is 0 Å². The largest absolute Gasteiger partial charge is 0.516 e. The van der Waals surface area contributed by atoms with Crippen LogP contribution >= 0.6 is 0 Å². The second-order valence-corrected chi connectivity index (χ2v) is 0.591. The Balaban J connectivity index is 0. The molecule has 1 N–H and O–H groups in total. The summed E-state index contributed by atoms with van der Waals surface area (Å²) in [6.45, 7) is 8.17. The lowest BCUT2D eigenvalue weighted by Crippen LogP contribution is -1.25. The number of hydrogen-bond acceptors (Lipinski definition) is 1. The highest BCUT2D eigenvalue weighted by atomic mass is 16.2. The molecule has 0 fully saturated rings. The van der Waals surface area contributed by atoms with Crippen molar-refractivity contribution in [1.82, 2.24) is 0 Å². The highest BCUT2D eigenvalue weighted by molar-refractivity contribution is 4.51. The minimum Gasteiger partial charge on any atom is -0.516 e. The Morgan fingerprint density at radius 1 is 1.50 bits per heavy atom. The average molecular weight is 86.1 g/mol. The molecular formula is C5H10O. The van der Waals surface area contributed by atoms with Gasteiger partial charge >= 0.3 is 0 Å². The molecule has 0 aliphatic rings. The molecule has 0 heterocycles. The Morgan fingerprint density at radius 3 is 1.50 bits per heavy atom. The zero-order valence-electron chi connectivity index (χ0n) is 4.02. The number of rotatable bonds is 0. The van der Waals surface area contributed by atoms with Gasteiger partial charge in [-0.3, -0.25) is 0 Å². The van der Waals surface area contributed by atoms with Crippen LogP contribution in [0.2, 0.25) is 0 Å². The van der Waals surface area contributed by atoms with Gasteiger partial charge in [0.1, 0.15) is 0 Å². The molecule has 0 saturated heterocycles. The fourth-order valence-corrected chi connectivity index (χ4v) is 0. The predicted octanol–water partition coefficient (Wildman–Crippen LogP) is 1.88. The van der Waals surface area contributed by atoms with Gasteiger partial charge in [-0.05, 0) is 6.92 Å². The van der Waals surface area contributed by atoms with Gasteiger partial charge in [0.15, 0.2) is 0 Å². The first kappa shape index (κ1) is 8.99. The van der Waals surface area contributed by atoms with Gasteiger partial charge < -0.3 is 5.11 Å². The summed E-state index contributed by atoms with van der Waals surface area (Å²) in [4.78, 5) is 0. The van der Waals surface area contributed by atoms with Crippen molar-refractivity contribution in [1.29, 1.82) is 0 Å². The minimum absolute atomic E-state index is 0.750. The zero-order valence-corrected chi connectivity index (χ0v) is 4.02. The summed E-state index contributed by atoms with van der Waals surface area (Å²) in [5, 5.41) is 7.33. The van der Waals surface area contributed by atoms with Gasteiger partial charge in [0.25, 0.3) is 0 Å². The van der Waals surface area contributed by atoms with Crippen LogP contribution in [0.5, 0.6) is 0 Å². The minimum atomic E-state index is 0.750. The van der Waals surface area contributed by atoms with E-state index in [1.165, 1.54) is 0 Å². The first-order valence-corrected chi connectivity index (χ1v) is 1.65. The van der Waals surface area contributed by atoms with Gasteiger partial charge in [-0.25, -0.2) is 0 Å². The maximum absolute atomic E-state index is 7.33. The van der Waals surface area contributed by atoms with Crippen LogP contribution in [0, 0.1) is 0 Å². The Labute approximate surface area is 38.6 Å². The second-order valence-electron chi connectivity index (χ2n) is 0.591. The zero-order chi connectivity index (χ0) is 5.41. The molecule has 1 heteroatoms. The molecule has 0 aromatic rings. The lowest BCUT2D eigenvalue weighted by Gasteiger charge is -1.41. The third kappa shape index (κ3) is 32.9. The molecule has 0 aliphatic carbocycles. The first-order valence-electron chi connectivity index (χ1n) is 1.65. The number of hydrogen-bond donors (Lipinski definition) is 1. The molecule has 0 atom stereocenters. The van der Waals surface area contributed by atoms with Crippen molar-refractivity contribution in [2.24, 2.45) is 0 Å². The van der Waals surface area contributed by atoms with E-state index in [0.29, 0.717) is 0 Å². The second kappa shape index (κ2) is 28.1. The van der Waals surface area contributed by atoms with E-state index in [0.717, 1.165) is 6.26 Å². The maximum Gasteiger partial charge on any atom is 0.0719 e. The standard InChI is InChI=1S/C3H6.C2H4O/c1-3-2;1-2-3/h3H,1H2,2H3;2-3H,1H2. The molecule has 0 bridgehead atoms. The predicted molar refractivity (Wildman–Crippen MR) is 28.7 cm³/mol. The van der Waals surface area contributed by atoms with E-state index in [2.05, 4.69) is 13.2 Å². The number of aliphatic hydroxyl groups is 1. The quantitative estimate of drug-likeness (QED) is 0.352. The Bertz CT molecular complexity index is 24.9. The maximum atomic E-state index is 7.33. The summed E-state index contributed by atoms with van der Waals surface area (Å²) in [5.41, 5.74) is 0. The van der Waals surface area contributed by atoms with E-state index in [4.69, 9.17) is 5.11 Å². The molecule has 36 valence electrons. The fraction of sp³-hybridized carbons (Fsp3) is 0.200. The Morgan fingerprint density at radius 2 is 1.50 bits per heavy atom. The Hall–Kier alpha value is -0.720. The monoisotopic (exact) mass is 86.1 g/mol. The van der Waals surface area contributed by atoms with E-state index in [9.17, 15) is 0 Å². The average Bonchev–Trinajstić information content (AvgIpc) is 1.39. The van der Waals surface area contributed by atoms with Crippen LogP contribution in [-0.4, -0.2) is 5.11 Å². The first-order chi connectivity index (χ1) is 2.83. The third-order valence-corrected chi connectivity index (χ3v) is 0. The summed E-state index contributed by atoms with van der Waals surface area (Å²) in [5.74, 6) is 0. The number of allylic oxidation sites excluding steroid dienone is 1. The van der Waals surface area contributed by atoms with E-state index in [1.54, 1.807) is 6.08 Å². The molecule has 0 aliphatic heterocycles. The summed E-state index contributed by atoms with van der Waals surface area (Å²) >= 11 is 0. The van der Waals surface area contributed by atoms with Crippen molar-refractivity contribution in [3.63, 3.8) is 0 Å². The van der Waals surface area contributed by atoms with Crippen molar-refractivity contribution in [2.45, 2.75) is 6.92 Å². The van der Waals surface area contributed by atoms with Crippen LogP contribution in [0.4, 0.5) is 0 Å². The molecule has 0 saturated carbocycles. The van der Waals surface area contributed by atoms with Gasteiger partial charge in [0.2, 0.25) is 0 Å². The molecule has 0 aromatic heterocycles. The lowest BCUT2D eigenvalue weighted by atomic mass is 10.8. The van der Waals surface area contributed by atoms with Gasteiger partial charge in [0.05, 0.1) is 6.26 Å². The van der Waals surface area contributed by atoms with E-state index in [-0.39, 0.29) is 0 Å². The molecule has 0 aromatic carbocycles. The molecule has 6 heavy (non-hydrogen) atoms. The SMILES string of the molecule is C=CC.C=CO. The van der Waals surface area contributed by atoms with Crippen molar-refractivity contribution >= 4 is 0 Å². The smallest absolute Gasteiger partial charge is 0.0719 e. The normalized spacial score (nSPS) is 4.17. The van der Waals surface area contributed by atoms with Crippen molar-refractivity contribution in [2.75, 3.05) is 0 Å². The summed E-state index contributed by atoms with van der Waals surface area (Å²) in [7, 11) is 0. The molecule has 1 nitrogen and oxygen atoms in total. The summed E-state index contributed by atoms with van der Waals surface area (Å²) in [6.07, 6.45) is 2.50. The highest BCUT2D eigenvalue weighted by Crippen LogP contribution is 1.38. The highest BCUT2D eigenvalue weighted by Gasteiger charge is 1.15. The molecule has 0 radical (unpaired) electrons. The summed E-state index contributed by atoms with van der Waals surface area (Å²) < 4.78 is 0. The summed E-state index contributed by atoms with van der Waals surface area (Å²) in [6, 6.07) is 0. The lowest BCUT2D eigenvalue weighted by molar-refractivity contribution is 0.476. The molecule has 0 rings (SSSR count). The van der Waals surface area contributed by atoms with Crippen LogP contribution in [-0.2, 0) is 0 Å². The van der Waals surface area contributed by atoms with Crippen LogP contribution in [0.25, 0.3) is 0 Å². The van der Waals surface area contributed by atoms with Crippen LogP contribution < -0.4 is 0 Å². The van der Waals surface area contributed by atoms with Crippen molar-refractivity contribution in [3.8, 4) is 0 Å². The van der Waals surface area contributed by atoms with Crippen LogP contribution in [0.15, 0.2) is 25.5 Å². The molecule has 0 unspecified atom stereocenters. The Kier molecular flexibility index (Phi) is 42.1. The molecule has 0 amide bonds. The van der Waals surface area contributed by atoms with E-state index in [1.807, 2.05) is 6.92 Å². The molecule has 0 spiro atoms. The van der Waals surface area contributed by atoms with E-state index >= 15 is 0 Å². The third-order valence-electron chi connectivity index (χ3n) is 0. The van der Waals surface area contributed by atoms with Crippen molar-refractivity contribution < 1.29 is 5.11 Å². The van der Waals surface area contributed by atoms with Crippen LogP contribution in [0.3, 0.4) is 0 Å². The van der Waals surface area contributed by atoms with Crippen molar-refractivity contribution in [3.05, 3.63) is 25.5 Å². The topological polar surface area (TPSA) is 20.2 Å². The van der Waals surface area contributed by atoms with Gasteiger partial charge in [-0.2, -0.15) is 0 Å². The van der Waals surface area contributed by atoms with Gasteiger partial charge in [0, 0.05) is 0 Å². The number of aliphatic hydroxyl groups excluding tert-OH is 1. The van der Waals surface area contributed by atoms with Gasteiger partial charge in [-0.15, -0.1) is 6.58 Å².